The SMILES string of the molecule is CC1(CNC2CCC(c3ccccc3)CC2)CCCCC1. The quantitative estimate of drug-likeness (QED) is 0.794. The summed E-state index contributed by atoms with van der Waals surface area (Å²) in [5.74, 6) is 0.800. The van der Waals surface area contributed by atoms with Gasteiger partial charge in [-0.2, -0.15) is 0 Å². The molecular weight excluding hydrogens is 254 g/mol. The van der Waals surface area contributed by atoms with Crippen LogP contribution < -0.4 is 5.32 Å². The zero-order valence-corrected chi connectivity index (χ0v) is 13.6. The van der Waals surface area contributed by atoms with E-state index in [9.17, 15) is 0 Å². The predicted molar refractivity (Wildman–Crippen MR) is 90.6 cm³/mol. The van der Waals surface area contributed by atoms with Gasteiger partial charge in [0.05, 0.1) is 0 Å². The van der Waals surface area contributed by atoms with Gasteiger partial charge in [-0.15, -0.1) is 0 Å². The third kappa shape index (κ3) is 4.10. The summed E-state index contributed by atoms with van der Waals surface area (Å²) in [7, 11) is 0. The topological polar surface area (TPSA) is 12.0 Å². The van der Waals surface area contributed by atoms with Crippen LogP contribution in [0.5, 0.6) is 0 Å². The van der Waals surface area contributed by atoms with Crippen molar-refractivity contribution in [1.82, 2.24) is 5.32 Å². The lowest BCUT2D eigenvalue weighted by Gasteiger charge is -2.37. The Labute approximate surface area is 130 Å². The van der Waals surface area contributed by atoms with Crippen molar-refractivity contribution in [3.63, 3.8) is 0 Å². The van der Waals surface area contributed by atoms with E-state index < -0.39 is 0 Å². The van der Waals surface area contributed by atoms with Gasteiger partial charge in [0.25, 0.3) is 0 Å². The highest BCUT2D eigenvalue weighted by Crippen LogP contribution is 2.36. The van der Waals surface area contributed by atoms with Crippen LogP contribution in [0.25, 0.3) is 0 Å². The highest BCUT2D eigenvalue weighted by atomic mass is 14.9. The lowest BCUT2D eigenvalue weighted by atomic mass is 9.75. The first-order valence-corrected chi connectivity index (χ1v) is 9.04. The molecule has 0 bridgehead atoms. The number of hydrogen-bond donors (Lipinski definition) is 1. The minimum absolute atomic E-state index is 0.578. The van der Waals surface area contributed by atoms with Crippen LogP contribution in [-0.4, -0.2) is 12.6 Å². The lowest BCUT2D eigenvalue weighted by Crippen LogP contribution is -2.40. The number of nitrogens with one attached hydrogen (secondary N) is 1. The van der Waals surface area contributed by atoms with E-state index in [4.69, 9.17) is 0 Å². The lowest BCUT2D eigenvalue weighted by molar-refractivity contribution is 0.191. The maximum absolute atomic E-state index is 3.90. The standard InChI is InChI=1S/C20H31N/c1-20(14-6-3-7-15-20)16-21-19-12-10-18(11-13-19)17-8-4-2-5-9-17/h2,4-5,8-9,18-19,21H,3,6-7,10-16H2,1H3. The molecule has 0 spiro atoms. The third-order valence-corrected chi connectivity index (χ3v) is 5.88. The number of benzene rings is 1. The van der Waals surface area contributed by atoms with Crippen LogP contribution in [0.4, 0.5) is 0 Å². The minimum atomic E-state index is 0.578. The zero-order valence-electron chi connectivity index (χ0n) is 13.6. The van der Waals surface area contributed by atoms with Gasteiger partial charge in [0.15, 0.2) is 0 Å². The Morgan fingerprint density at radius 2 is 1.62 bits per heavy atom. The maximum Gasteiger partial charge on any atom is 0.00677 e. The van der Waals surface area contributed by atoms with Gasteiger partial charge in [-0.1, -0.05) is 56.5 Å². The Balaban J connectivity index is 1.43. The van der Waals surface area contributed by atoms with Crippen LogP contribution >= 0.6 is 0 Å². The van der Waals surface area contributed by atoms with Crippen molar-refractivity contribution in [2.45, 2.75) is 76.7 Å². The second kappa shape index (κ2) is 6.96. The highest BCUT2D eigenvalue weighted by Gasteiger charge is 2.28. The van der Waals surface area contributed by atoms with Crippen LogP contribution in [0.1, 0.15) is 76.2 Å². The average Bonchev–Trinajstić information content (AvgIpc) is 2.55. The van der Waals surface area contributed by atoms with Crippen molar-refractivity contribution < 1.29 is 0 Å². The molecule has 1 heteroatoms. The number of hydrogen-bond acceptors (Lipinski definition) is 1. The summed E-state index contributed by atoms with van der Waals surface area (Å²) >= 11 is 0. The molecule has 0 heterocycles. The van der Waals surface area contributed by atoms with E-state index in [1.807, 2.05) is 0 Å². The molecule has 21 heavy (non-hydrogen) atoms. The van der Waals surface area contributed by atoms with Crippen LogP contribution in [0.15, 0.2) is 30.3 Å². The normalized spacial score (nSPS) is 29.2. The molecule has 3 rings (SSSR count). The summed E-state index contributed by atoms with van der Waals surface area (Å²) in [4.78, 5) is 0. The van der Waals surface area contributed by atoms with E-state index in [2.05, 4.69) is 42.6 Å². The van der Waals surface area contributed by atoms with Gasteiger partial charge >= 0.3 is 0 Å². The fourth-order valence-electron chi connectivity index (χ4n) is 4.33. The first-order chi connectivity index (χ1) is 10.3. The molecule has 2 saturated carbocycles. The van der Waals surface area contributed by atoms with Gasteiger partial charge in [0, 0.05) is 12.6 Å². The molecule has 0 aromatic heterocycles. The van der Waals surface area contributed by atoms with E-state index in [1.165, 1.54) is 64.3 Å². The molecule has 1 N–H and O–H groups in total. The molecule has 116 valence electrons. The average molecular weight is 285 g/mol. The Bertz CT molecular complexity index is 411. The molecule has 2 aliphatic carbocycles. The predicted octanol–water partition coefficient (Wildman–Crippen LogP) is 5.27. The van der Waals surface area contributed by atoms with Crippen molar-refractivity contribution >= 4 is 0 Å². The molecule has 0 unspecified atom stereocenters. The second-order valence-electron chi connectivity index (χ2n) is 7.71. The monoisotopic (exact) mass is 285 g/mol. The molecule has 0 saturated heterocycles. The summed E-state index contributed by atoms with van der Waals surface area (Å²) in [6.45, 7) is 3.74. The largest absolute Gasteiger partial charge is 0.313 e. The smallest absolute Gasteiger partial charge is 0.00677 e. The van der Waals surface area contributed by atoms with E-state index in [0.29, 0.717) is 5.41 Å². The molecule has 1 aromatic carbocycles. The summed E-state index contributed by atoms with van der Waals surface area (Å²) < 4.78 is 0. The van der Waals surface area contributed by atoms with Crippen molar-refractivity contribution in [3.05, 3.63) is 35.9 Å². The van der Waals surface area contributed by atoms with Gasteiger partial charge in [0.1, 0.15) is 0 Å². The van der Waals surface area contributed by atoms with Crippen molar-refractivity contribution in [3.8, 4) is 0 Å². The molecule has 0 atom stereocenters. The number of rotatable bonds is 4. The van der Waals surface area contributed by atoms with Gasteiger partial charge in [-0.3, -0.25) is 0 Å². The van der Waals surface area contributed by atoms with Gasteiger partial charge in [-0.25, -0.2) is 0 Å². The first-order valence-electron chi connectivity index (χ1n) is 9.04. The van der Waals surface area contributed by atoms with Crippen molar-refractivity contribution in [2.75, 3.05) is 6.54 Å². The Hall–Kier alpha value is -0.820. The first kappa shape index (κ1) is 15.1. The molecule has 0 aliphatic heterocycles. The minimum Gasteiger partial charge on any atom is -0.313 e. The molecule has 2 fully saturated rings. The Kier molecular flexibility index (Phi) is 5.00. The summed E-state index contributed by atoms with van der Waals surface area (Å²) in [6, 6.07) is 11.9. The maximum atomic E-state index is 3.90. The molecule has 1 aromatic rings. The highest BCUT2D eigenvalue weighted by molar-refractivity contribution is 5.20. The zero-order chi connectivity index (χ0) is 14.5. The molecule has 0 amide bonds. The fraction of sp³-hybridized carbons (Fsp3) is 0.700. The molecule has 1 nitrogen and oxygen atoms in total. The molecule has 0 radical (unpaired) electrons. The fourth-order valence-corrected chi connectivity index (χ4v) is 4.33. The second-order valence-corrected chi connectivity index (χ2v) is 7.71. The van der Waals surface area contributed by atoms with Crippen LogP contribution in [-0.2, 0) is 0 Å². The van der Waals surface area contributed by atoms with Crippen molar-refractivity contribution in [1.29, 1.82) is 0 Å². The summed E-state index contributed by atoms with van der Waals surface area (Å²) in [5, 5.41) is 3.90. The third-order valence-electron chi connectivity index (χ3n) is 5.88. The van der Waals surface area contributed by atoms with E-state index in [1.54, 1.807) is 5.56 Å². The van der Waals surface area contributed by atoms with E-state index >= 15 is 0 Å². The summed E-state index contributed by atoms with van der Waals surface area (Å²) in [5.41, 5.74) is 2.13. The van der Waals surface area contributed by atoms with E-state index in [0.717, 1.165) is 12.0 Å². The van der Waals surface area contributed by atoms with Crippen LogP contribution in [0.2, 0.25) is 0 Å². The van der Waals surface area contributed by atoms with Gasteiger partial charge in [-0.05, 0) is 55.4 Å². The van der Waals surface area contributed by atoms with Gasteiger partial charge < -0.3 is 5.32 Å². The van der Waals surface area contributed by atoms with Gasteiger partial charge in [0.2, 0.25) is 0 Å². The Morgan fingerprint density at radius 3 is 2.29 bits per heavy atom. The summed E-state index contributed by atoms with van der Waals surface area (Å²) in [6.07, 6.45) is 12.6. The van der Waals surface area contributed by atoms with Crippen LogP contribution in [0, 0.1) is 5.41 Å². The van der Waals surface area contributed by atoms with Crippen molar-refractivity contribution in [2.24, 2.45) is 5.41 Å². The van der Waals surface area contributed by atoms with E-state index in [-0.39, 0.29) is 0 Å². The molecule has 2 aliphatic rings. The van der Waals surface area contributed by atoms with Crippen LogP contribution in [0.3, 0.4) is 0 Å². The Morgan fingerprint density at radius 1 is 0.952 bits per heavy atom. The molecular formula is C20H31N.